The Balaban J connectivity index is 1.71. The third-order valence-corrected chi connectivity index (χ3v) is 6.69. The third kappa shape index (κ3) is 8.03. The second-order valence-electron chi connectivity index (χ2n) is 7.95. The van der Waals surface area contributed by atoms with Crippen molar-refractivity contribution in [2.45, 2.75) is 40.5 Å². The number of carbonyl (C=O) groups is 1. The van der Waals surface area contributed by atoms with Crippen LogP contribution in [0.2, 0.25) is 0 Å². The fraction of sp³-hybridized carbons (Fsp3) is 0.333. The summed E-state index contributed by atoms with van der Waals surface area (Å²) in [5.74, 6) is 1.26. The number of benzene rings is 2. The van der Waals surface area contributed by atoms with E-state index in [2.05, 4.69) is 44.4 Å². The molecule has 194 valence electrons. The number of nitriles is 1. The van der Waals surface area contributed by atoms with Crippen LogP contribution in [0.4, 0.5) is 5.13 Å². The molecule has 0 aliphatic rings. The molecular formula is C27H29BrN4O4S. The zero-order valence-electron chi connectivity index (χ0n) is 21.3. The van der Waals surface area contributed by atoms with Crippen LogP contribution in [0.1, 0.15) is 42.5 Å². The normalized spacial score (nSPS) is 11.1. The minimum absolute atomic E-state index is 0.0748. The van der Waals surface area contributed by atoms with Crippen LogP contribution in [0.3, 0.4) is 0 Å². The molecule has 37 heavy (non-hydrogen) atoms. The van der Waals surface area contributed by atoms with Crippen molar-refractivity contribution >= 4 is 44.4 Å². The SMILES string of the molecule is CCOc1cc(C=C(C#N)C(=O)Nc2nnc(CC)s2)cc(Br)c1OCCOc1cc(C)cc(CC)c1. The molecule has 0 atom stereocenters. The van der Waals surface area contributed by atoms with E-state index in [9.17, 15) is 10.1 Å². The Hall–Kier alpha value is -3.42. The number of nitrogens with one attached hydrogen (secondary N) is 1. The van der Waals surface area contributed by atoms with Gasteiger partial charge in [-0.1, -0.05) is 31.3 Å². The number of carbonyl (C=O) groups excluding carboxylic acids is 1. The maximum atomic E-state index is 12.6. The molecule has 0 bridgehead atoms. The van der Waals surface area contributed by atoms with Gasteiger partial charge < -0.3 is 14.2 Å². The van der Waals surface area contributed by atoms with Gasteiger partial charge in [0.1, 0.15) is 35.6 Å². The van der Waals surface area contributed by atoms with Crippen LogP contribution in [0, 0.1) is 18.3 Å². The summed E-state index contributed by atoms with van der Waals surface area (Å²) in [7, 11) is 0. The van der Waals surface area contributed by atoms with Crippen LogP contribution in [0.25, 0.3) is 6.08 Å². The largest absolute Gasteiger partial charge is 0.490 e. The first-order valence-corrected chi connectivity index (χ1v) is 13.6. The molecule has 1 heterocycles. The van der Waals surface area contributed by atoms with Crippen molar-refractivity contribution in [3.63, 3.8) is 0 Å². The second kappa shape index (κ2) is 13.8. The summed E-state index contributed by atoms with van der Waals surface area (Å²) in [4.78, 5) is 12.6. The molecule has 0 unspecified atom stereocenters. The molecule has 0 fully saturated rings. The maximum Gasteiger partial charge on any atom is 0.268 e. The Morgan fingerprint density at radius 3 is 2.54 bits per heavy atom. The van der Waals surface area contributed by atoms with E-state index in [1.165, 1.54) is 23.0 Å². The molecule has 10 heteroatoms. The molecule has 1 amide bonds. The number of hydrogen-bond donors (Lipinski definition) is 1. The van der Waals surface area contributed by atoms with Crippen LogP contribution in [0.15, 0.2) is 40.4 Å². The van der Waals surface area contributed by atoms with E-state index in [1.54, 1.807) is 12.1 Å². The van der Waals surface area contributed by atoms with Gasteiger partial charge in [-0.2, -0.15) is 5.26 Å². The van der Waals surface area contributed by atoms with Gasteiger partial charge in [0, 0.05) is 0 Å². The molecule has 0 saturated carbocycles. The summed E-state index contributed by atoms with van der Waals surface area (Å²) in [5, 5.41) is 21.3. The molecule has 1 N–H and O–H groups in total. The van der Waals surface area contributed by atoms with Crippen molar-refractivity contribution in [1.29, 1.82) is 5.26 Å². The highest BCUT2D eigenvalue weighted by atomic mass is 79.9. The van der Waals surface area contributed by atoms with Gasteiger partial charge in [-0.15, -0.1) is 10.2 Å². The predicted octanol–water partition coefficient (Wildman–Crippen LogP) is 6.14. The number of anilines is 1. The van der Waals surface area contributed by atoms with E-state index < -0.39 is 5.91 Å². The summed E-state index contributed by atoms with van der Waals surface area (Å²) in [5.41, 5.74) is 2.90. The number of hydrogen-bond acceptors (Lipinski definition) is 8. The van der Waals surface area contributed by atoms with Gasteiger partial charge >= 0.3 is 0 Å². The Labute approximate surface area is 229 Å². The van der Waals surface area contributed by atoms with E-state index in [1.807, 2.05) is 39.0 Å². The van der Waals surface area contributed by atoms with Crippen molar-refractivity contribution in [3.05, 3.63) is 62.1 Å². The minimum atomic E-state index is -0.560. The Kier molecular flexibility index (Phi) is 10.5. The fourth-order valence-corrected chi connectivity index (χ4v) is 4.66. The van der Waals surface area contributed by atoms with Crippen LogP contribution in [0.5, 0.6) is 17.2 Å². The van der Waals surface area contributed by atoms with Gasteiger partial charge in [0.15, 0.2) is 11.5 Å². The quantitative estimate of drug-likeness (QED) is 0.155. The minimum Gasteiger partial charge on any atom is -0.490 e. The van der Waals surface area contributed by atoms with Crippen molar-refractivity contribution < 1.29 is 19.0 Å². The van der Waals surface area contributed by atoms with Crippen LogP contribution in [-0.2, 0) is 17.6 Å². The lowest BCUT2D eigenvalue weighted by Gasteiger charge is -2.15. The van der Waals surface area contributed by atoms with Gasteiger partial charge in [0.2, 0.25) is 5.13 Å². The molecule has 0 spiro atoms. The molecule has 0 aliphatic carbocycles. The van der Waals surface area contributed by atoms with Crippen molar-refractivity contribution in [1.82, 2.24) is 10.2 Å². The summed E-state index contributed by atoms with van der Waals surface area (Å²) in [6, 6.07) is 11.6. The van der Waals surface area contributed by atoms with Crippen LogP contribution < -0.4 is 19.5 Å². The first-order valence-electron chi connectivity index (χ1n) is 11.9. The van der Waals surface area contributed by atoms with Gasteiger partial charge in [0.05, 0.1) is 11.1 Å². The molecule has 8 nitrogen and oxygen atoms in total. The fourth-order valence-electron chi connectivity index (χ4n) is 3.42. The smallest absolute Gasteiger partial charge is 0.268 e. The number of halogens is 1. The molecule has 2 aromatic carbocycles. The van der Waals surface area contributed by atoms with Crippen molar-refractivity contribution in [2.24, 2.45) is 0 Å². The molecule has 3 rings (SSSR count). The standard InChI is InChI=1S/C27H29BrN4O4S/c1-5-18-10-17(4)11-21(13-18)35-8-9-36-25-22(28)14-19(15-23(25)34-7-3)12-20(16-29)26(33)30-27-32-31-24(6-2)37-27/h10-15H,5-9H2,1-4H3,(H,30,32,33). The highest BCUT2D eigenvalue weighted by molar-refractivity contribution is 9.10. The van der Waals surface area contributed by atoms with E-state index in [-0.39, 0.29) is 5.57 Å². The lowest BCUT2D eigenvalue weighted by atomic mass is 10.1. The zero-order chi connectivity index (χ0) is 26.8. The Morgan fingerprint density at radius 2 is 1.86 bits per heavy atom. The molecule has 0 radical (unpaired) electrons. The molecular weight excluding hydrogens is 556 g/mol. The molecule has 1 aromatic heterocycles. The Morgan fingerprint density at radius 1 is 1.08 bits per heavy atom. The second-order valence-corrected chi connectivity index (χ2v) is 9.86. The number of aromatic nitrogens is 2. The van der Waals surface area contributed by atoms with E-state index >= 15 is 0 Å². The zero-order valence-corrected chi connectivity index (χ0v) is 23.7. The number of aryl methyl sites for hydroxylation is 3. The van der Waals surface area contributed by atoms with Crippen LogP contribution in [-0.4, -0.2) is 35.9 Å². The van der Waals surface area contributed by atoms with Gasteiger partial charge in [-0.3, -0.25) is 10.1 Å². The number of rotatable bonds is 12. The first-order chi connectivity index (χ1) is 17.9. The summed E-state index contributed by atoms with van der Waals surface area (Å²) < 4.78 is 18.3. The average Bonchev–Trinajstić information content (AvgIpc) is 3.33. The van der Waals surface area contributed by atoms with Gasteiger partial charge in [-0.05, 0) is 89.7 Å². The Bertz CT molecular complexity index is 1320. The first kappa shape index (κ1) is 28.2. The molecule has 3 aromatic rings. The highest BCUT2D eigenvalue weighted by Gasteiger charge is 2.16. The van der Waals surface area contributed by atoms with Gasteiger partial charge in [0.25, 0.3) is 5.91 Å². The monoisotopic (exact) mass is 584 g/mol. The number of amides is 1. The van der Waals surface area contributed by atoms with E-state index in [4.69, 9.17) is 14.2 Å². The van der Waals surface area contributed by atoms with Gasteiger partial charge in [-0.25, -0.2) is 0 Å². The van der Waals surface area contributed by atoms with E-state index in [0.717, 1.165) is 29.2 Å². The molecule has 0 aliphatic heterocycles. The van der Waals surface area contributed by atoms with Crippen molar-refractivity contribution in [2.75, 3.05) is 25.1 Å². The summed E-state index contributed by atoms with van der Waals surface area (Å²) in [6.45, 7) is 9.05. The number of ether oxygens (including phenoxy) is 3. The maximum absolute atomic E-state index is 12.6. The van der Waals surface area contributed by atoms with Crippen LogP contribution >= 0.6 is 27.3 Å². The van der Waals surface area contributed by atoms with Crippen molar-refractivity contribution in [3.8, 4) is 23.3 Å². The summed E-state index contributed by atoms with van der Waals surface area (Å²) >= 11 is 4.81. The predicted molar refractivity (Wildman–Crippen MR) is 148 cm³/mol. The lowest BCUT2D eigenvalue weighted by molar-refractivity contribution is -0.112. The highest BCUT2D eigenvalue weighted by Crippen LogP contribution is 2.37. The number of nitrogens with zero attached hydrogens (tertiary/aromatic N) is 3. The average molecular weight is 586 g/mol. The van der Waals surface area contributed by atoms with E-state index in [0.29, 0.717) is 46.5 Å². The summed E-state index contributed by atoms with van der Waals surface area (Å²) in [6.07, 6.45) is 3.15. The molecule has 0 saturated heterocycles. The third-order valence-electron chi connectivity index (χ3n) is 5.11. The topological polar surface area (TPSA) is 106 Å². The lowest BCUT2D eigenvalue weighted by Crippen LogP contribution is -2.13.